The standard InChI is InChI=1S/C25H25N5O5/c1-15(23(31)30-12-22-28-27-14-29(22)11-21(30)24(32)33)10-26-25(34)35-13-20-18-8-4-2-6-16(18)17-7-3-5-9-19(17)20/h2-9,14-15,20-21H,10-13H2,1H3,(H,26,34)(H,32,33). The Hall–Kier alpha value is -4.21. The van der Waals surface area contributed by atoms with Crippen LogP contribution in [-0.4, -0.2) is 61.9 Å². The summed E-state index contributed by atoms with van der Waals surface area (Å²) in [6.45, 7) is 1.96. The summed E-state index contributed by atoms with van der Waals surface area (Å²) in [4.78, 5) is 38.5. The van der Waals surface area contributed by atoms with Crippen molar-refractivity contribution in [3.8, 4) is 11.1 Å². The molecule has 0 saturated heterocycles. The van der Waals surface area contributed by atoms with Crippen LogP contribution in [0.2, 0.25) is 0 Å². The minimum absolute atomic E-state index is 0.0189. The van der Waals surface area contributed by atoms with E-state index in [1.165, 1.54) is 11.2 Å². The lowest BCUT2D eigenvalue weighted by molar-refractivity contribution is -0.154. The molecule has 2 atom stereocenters. The van der Waals surface area contributed by atoms with Crippen LogP contribution >= 0.6 is 0 Å². The summed E-state index contributed by atoms with van der Waals surface area (Å²) in [5.41, 5.74) is 4.51. The molecule has 2 aliphatic rings. The molecule has 180 valence electrons. The number of hydrogen-bond acceptors (Lipinski definition) is 6. The van der Waals surface area contributed by atoms with Crippen LogP contribution in [0.4, 0.5) is 4.79 Å². The molecule has 5 rings (SSSR count). The zero-order valence-corrected chi connectivity index (χ0v) is 19.1. The van der Waals surface area contributed by atoms with Gasteiger partial charge in [-0.3, -0.25) is 4.79 Å². The predicted molar refractivity (Wildman–Crippen MR) is 124 cm³/mol. The number of hydrogen-bond donors (Lipinski definition) is 2. The first-order valence-electron chi connectivity index (χ1n) is 11.4. The number of aliphatic carboxylic acids is 1. The van der Waals surface area contributed by atoms with Crippen LogP contribution in [0.1, 0.15) is 29.8 Å². The first kappa shape index (κ1) is 22.6. The number of carbonyl (C=O) groups excluding carboxylic acids is 2. The average Bonchev–Trinajstić information content (AvgIpc) is 3.46. The maximum Gasteiger partial charge on any atom is 0.407 e. The van der Waals surface area contributed by atoms with Gasteiger partial charge in [0.1, 0.15) is 19.0 Å². The van der Waals surface area contributed by atoms with Crippen molar-refractivity contribution >= 4 is 18.0 Å². The lowest BCUT2D eigenvalue weighted by atomic mass is 9.98. The SMILES string of the molecule is CC(CNC(=O)OCC1c2ccccc2-c2ccccc21)C(=O)N1Cc2nncn2CC1C(=O)O. The van der Waals surface area contributed by atoms with E-state index in [0.29, 0.717) is 5.82 Å². The van der Waals surface area contributed by atoms with Crippen LogP contribution in [0.15, 0.2) is 54.9 Å². The van der Waals surface area contributed by atoms with Gasteiger partial charge in [0.15, 0.2) is 5.82 Å². The first-order chi connectivity index (χ1) is 16.9. The normalized spacial score (nSPS) is 17.2. The van der Waals surface area contributed by atoms with Gasteiger partial charge >= 0.3 is 12.1 Å². The van der Waals surface area contributed by atoms with Crippen molar-refractivity contribution in [2.75, 3.05) is 13.2 Å². The van der Waals surface area contributed by atoms with E-state index in [4.69, 9.17) is 4.74 Å². The Morgan fingerprint density at radius 1 is 1.11 bits per heavy atom. The number of benzene rings is 2. The summed E-state index contributed by atoms with van der Waals surface area (Å²) in [6, 6.07) is 15.1. The highest BCUT2D eigenvalue weighted by Gasteiger charge is 2.37. The Morgan fingerprint density at radius 3 is 2.43 bits per heavy atom. The molecule has 3 aromatic rings. The van der Waals surface area contributed by atoms with E-state index in [-0.39, 0.29) is 38.1 Å². The maximum atomic E-state index is 13.0. The van der Waals surface area contributed by atoms with Crippen molar-refractivity contribution < 1.29 is 24.2 Å². The smallest absolute Gasteiger partial charge is 0.407 e. The molecule has 0 fully saturated rings. The minimum atomic E-state index is -1.10. The molecular formula is C25H25N5O5. The second-order valence-corrected chi connectivity index (χ2v) is 8.83. The van der Waals surface area contributed by atoms with Crippen LogP contribution < -0.4 is 5.32 Å². The van der Waals surface area contributed by atoms with Crippen LogP contribution in [0.25, 0.3) is 11.1 Å². The number of ether oxygens (including phenoxy) is 1. The Labute approximate surface area is 201 Å². The Bertz CT molecular complexity index is 1240. The van der Waals surface area contributed by atoms with E-state index in [1.807, 2.05) is 36.4 Å². The van der Waals surface area contributed by atoms with Gasteiger partial charge in [0, 0.05) is 12.5 Å². The van der Waals surface area contributed by atoms with Gasteiger partial charge in [0.05, 0.1) is 19.0 Å². The van der Waals surface area contributed by atoms with Crippen molar-refractivity contribution in [2.45, 2.75) is 32.0 Å². The molecule has 2 heterocycles. The molecule has 0 saturated carbocycles. The number of fused-ring (bicyclic) bond motifs is 4. The van der Waals surface area contributed by atoms with Crippen molar-refractivity contribution in [3.63, 3.8) is 0 Å². The van der Waals surface area contributed by atoms with Gasteiger partial charge in [0.2, 0.25) is 5.91 Å². The lowest BCUT2D eigenvalue weighted by Crippen LogP contribution is -2.53. The average molecular weight is 476 g/mol. The van der Waals surface area contributed by atoms with Gasteiger partial charge in [-0.15, -0.1) is 10.2 Å². The first-order valence-corrected chi connectivity index (χ1v) is 11.4. The van der Waals surface area contributed by atoms with Crippen LogP contribution in [0.5, 0.6) is 0 Å². The van der Waals surface area contributed by atoms with Crippen molar-refractivity contribution in [2.24, 2.45) is 5.92 Å². The number of carboxylic acids is 1. The fourth-order valence-corrected chi connectivity index (χ4v) is 4.80. The molecule has 10 heteroatoms. The number of nitrogens with one attached hydrogen (secondary N) is 1. The molecule has 2 unspecified atom stereocenters. The molecule has 2 N–H and O–H groups in total. The number of alkyl carbamates (subject to hydrolysis) is 1. The van der Waals surface area contributed by atoms with Crippen molar-refractivity contribution in [3.05, 3.63) is 71.8 Å². The van der Waals surface area contributed by atoms with E-state index in [2.05, 4.69) is 27.6 Å². The summed E-state index contributed by atoms with van der Waals surface area (Å²) in [5, 5.41) is 20.0. The van der Waals surface area contributed by atoms with Gasteiger partial charge in [-0.1, -0.05) is 55.5 Å². The third-order valence-electron chi connectivity index (χ3n) is 6.64. The number of nitrogens with zero attached hydrogens (tertiary/aromatic N) is 4. The molecular weight excluding hydrogens is 450 g/mol. The molecule has 0 spiro atoms. The second kappa shape index (κ2) is 9.21. The lowest BCUT2D eigenvalue weighted by Gasteiger charge is -2.34. The number of amides is 2. The van der Waals surface area contributed by atoms with Crippen LogP contribution in [0, 0.1) is 5.92 Å². The molecule has 2 aromatic carbocycles. The van der Waals surface area contributed by atoms with Gasteiger partial charge in [-0.2, -0.15) is 0 Å². The summed E-state index contributed by atoms with van der Waals surface area (Å²) in [6.07, 6.45) is 0.828. The fourth-order valence-electron chi connectivity index (χ4n) is 4.80. The molecule has 2 amide bonds. The highest BCUT2D eigenvalue weighted by molar-refractivity contribution is 5.85. The Morgan fingerprint density at radius 2 is 1.77 bits per heavy atom. The van der Waals surface area contributed by atoms with Gasteiger partial charge in [0.25, 0.3) is 0 Å². The third kappa shape index (κ3) is 4.23. The van der Waals surface area contributed by atoms with Crippen molar-refractivity contribution in [1.29, 1.82) is 0 Å². The predicted octanol–water partition coefficient (Wildman–Crippen LogP) is 2.25. The topological polar surface area (TPSA) is 127 Å². The quantitative estimate of drug-likeness (QED) is 0.560. The maximum absolute atomic E-state index is 13.0. The van der Waals surface area contributed by atoms with E-state index in [0.717, 1.165) is 22.3 Å². The monoisotopic (exact) mass is 475 g/mol. The molecule has 35 heavy (non-hydrogen) atoms. The zero-order chi connectivity index (χ0) is 24.5. The number of carbonyl (C=O) groups is 3. The largest absolute Gasteiger partial charge is 0.480 e. The summed E-state index contributed by atoms with van der Waals surface area (Å²) in [7, 11) is 0. The molecule has 1 aliphatic carbocycles. The zero-order valence-electron chi connectivity index (χ0n) is 19.1. The second-order valence-electron chi connectivity index (χ2n) is 8.83. The number of rotatable bonds is 6. The highest BCUT2D eigenvalue weighted by Crippen LogP contribution is 2.44. The summed E-state index contributed by atoms with van der Waals surface area (Å²) in [5.74, 6) is -1.67. The van der Waals surface area contributed by atoms with Crippen LogP contribution in [0.3, 0.4) is 0 Å². The van der Waals surface area contributed by atoms with E-state index in [9.17, 15) is 19.5 Å². The van der Waals surface area contributed by atoms with E-state index in [1.54, 1.807) is 11.5 Å². The Kier molecular flexibility index (Phi) is 5.94. The molecule has 1 aromatic heterocycles. The molecule has 1 aliphatic heterocycles. The Balaban J connectivity index is 1.18. The van der Waals surface area contributed by atoms with Gasteiger partial charge < -0.3 is 24.6 Å². The molecule has 0 radical (unpaired) electrons. The summed E-state index contributed by atoms with van der Waals surface area (Å²) >= 11 is 0. The van der Waals surface area contributed by atoms with E-state index >= 15 is 0 Å². The number of aromatic nitrogens is 3. The fraction of sp³-hybridized carbons (Fsp3) is 0.320. The van der Waals surface area contributed by atoms with E-state index < -0.39 is 24.0 Å². The van der Waals surface area contributed by atoms with Crippen LogP contribution in [-0.2, 0) is 27.4 Å². The highest BCUT2D eigenvalue weighted by atomic mass is 16.5. The minimum Gasteiger partial charge on any atom is -0.480 e. The molecule has 0 bridgehead atoms. The third-order valence-corrected chi connectivity index (χ3v) is 6.64. The van der Waals surface area contributed by atoms with Gasteiger partial charge in [-0.25, -0.2) is 9.59 Å². The summed E-state index contributed by atoms with van der Waals surface area (Å²) < 4.78 is 7.15. The van der Waals surface area contributed by atoms with Gasteiger partial charge in [-0.05, 0) is 22.3 Å². The molecule has 10 nitrogen and oxygen atoms in total. The number of carboxylic acid groups (broad SMARTS) is 1. The van der Waals surface area contributed by atoms with Crippen molar-refractivity contribution in [1.82, 2.24) is 25.0 Å².